The molecule has 2 heterocycles. The SMILES string of the molecule is c1cc(-c2ccc(-c3nc4ccccc4c4c5ccccc5c5ccccc5c34)cc2)cc(-c2nc(-c3ccc4ccccc4c3)nc(-c3ccc4ccccc4c3)n2)c1. The number of aromatic nitrogens is 4. The number of para-hydroxylation sites is 1. The van der Waals surface area contributed by atoms with Gasteiger partial charge in [-0.1, -0.05) is 182 Å². The third-order valence-corrected chi connectivity index (χ3v) is 11.8. The highest BCUT2D eigenvalue weighted by molar-refractivity contribution is 6.33. The van der Waals surface area contributed by atoms with Gasteiger partial charge >= 0.3 is 0 Å². The van der Waals surface area contributed by atoms with Gasteiger partial charge in [0.15, 0.2) is 17.5 Å². The lowest BCUT2D eigenvalue weighted by Crippen LogP contribution is -2.00. The molecule has 60 heavy (non-hydrogen) atoms. The molecule has 12 aromatic rings. The standard InChI is InChI=1S/C56H34N4/c1-3-14-39-33-43(30-26-35(39)12-1)55-58-54(59-56(60-55)44-31-27-36-13-2-4-15-40(36)34-44)42-17-11-16-41(32-42)37-24-28-38(29-25-37)53-52-48-21-8-6-19-46(48)45-18-5-7-20-47(45)51(52)49-22-9-10-23-50(49)57-53/h1-34H. The lowest BCUT2D eigenvalue weighted by Gasteiger charge is -2.16. The minimum Gasteiger partial charge on any atom is -0.247 e. The largest absolute Gasteiger partial charge is 0.247 e. The molecular weight excluding hydrogens is 729 g/mol. The smallest absolute Gasteiger partial charge is 0.164 e. The zero-order valence-electron chi connectivity index (χ0n) is 32.4. The molecule has 0 aliphatic carbocycles. The quantitative estimate of drug-likeness (QED) is 0.164. The van der Waals surface area contributed by atoms with Crippen molar-refractivity contribution in [2.45, 2.75) is 0 Å². The second kappa shape index (κ2) is 13.8. The van der Waals surface area contributed by atoms with Crippen LogP contribution in [-0.4, -0.2) is 19.9 Å². The van der Waals surface area contributed by atoms with Crippen LogP contribution in [0.2, 0.25) is 0 Å². The summed E-state index contributed by atoms with van der Waals surface area (Å²) in [6.45, 7) is 0. The van der Waals surface area contributed by atoms with E-state index in [0.717, 1.165) is 60.8 Å². The number of nitrogens with zero attached hydrogens (tertiary/aromatic N) is 4. The molecule has 0 radical (unpaired) electrons. The van der Waals surface area contributed by atoms with Crippen LogP contribution < -0.4 is 0 Å². The van der Waals surface area contributed by atoms with Crippen molar-refractivity contribution in [1.82, 2.24) is 19.9 Å². The summed E-state index contributed by atoms with van der Waals surface area (Å²) in [5.74, 6) is 1.90. The second-order valence-electron chi connectivity index (χ2n) is 15.4. The monoisotopic (exact) mass is 762 g/mol. The maximum Gasteiger partial charge on any atom is 0.164 e. The van der Waals surface area contributed by atoms with Gasteiger partial charge in [-0.2, -0.15) is 0 Å². The highest BCUT2D eigenvalue weighted by Gasteiger charge is 2.18. The summed E-state index contributed by atoms with van der Waals surface area (Å²) in [6, 6.07) is 72.9. The summed E-state index contributed by atoms with van der Waals surface area (Å²) in [6.07, 6.45) is 0. The van der Waals surface area contributed by atoms with Crippen molar-refractivity contribution in [1.29, 1.82) is 0 Å². The third kappa shape index (κ3) is 5.69. The Bertz CT molecular complexity index is 3570. The molecule has 0 aliphatic heterocycles. The van der Waals surface area contributed by atoms with Gasteiger partial charge < -0.3 is 0 Å². The van der Waals surface area contributed by atoms with Crippen molar-refractivity contribution in [2.24, 2.45) is 0 Å². The minimum absolute atomic E-state index is 0.626. The zero-order chi connectivity index (χ0) is 39.6. The minimum atomic E-state index is 0.626. The van der Waals surface area contributed by atoms with Gasteiger partial charge in [0.25, 0.3) is 0 Å². The number of pyridine rings is 1. The molecule has 0 saturated heterocycles. The Balaban J connectivity index is 0.983. The van der Waals surface area contributed by atoms with E-state index in [0.29, 0.717) is 17.5 Å². The van der Waals surface area contributed by atoms with E-state index in [1.807, 2.05) is 0 Å². The fourth-order valence-corrected chi connectivity index (χ4v) is 8.91. The van der Waals surface area contributed by atoms with E-state index in [2.05, 4.69) is 206 Å². The first-order chi connectivity index (χ1) is 29.7. The zero-order valence-corrected chi connectivity index (χ0v) is 32.4. The first-order valence-corrected chi connectivity index (χ1v) is 20.3. The van der Waals surface area contributed by atoms with E-state index < -0.39 is 0 Å². The van der Waals surface area contributed by atoms with Crippen molar-refractivity contribution in [3.8, 4) is 56.5 Å². The van der Waals surface area contributed by atoms with Crippen LogP contribution in [0, 0.1) is 0 Å². The molecule has 12 rings (SSSR count). The summed E-state index contributed by atoms with van der Waals surface area (Å²) in [5, 5.41) is 13.2. The van der Waals surface area contributed by atoms with Gasteiger partial charge in [-0.05, 0) is 78.5 Å². The van der Waals surface area contributed by atoms with E-state index in [9.17, 15) is 0 Å². The fourth-order valence-electron chi connectivity index (χ4n) is 8.91. The Morgan fingerprint density at radius 3 is 1.27 bits per heavy atom. The van der Waals surface area contributed by atoms with Gasteiger partial charge in [0.1, 0.15) is 0 Å². The summed E-state index contributed by atoms with van der Waals surface area (Å²) < 4.78 is 0. The van der Waals surface area contributed by atoms with E-state index in [1.165, 1.54) is 43.1 Å². The van der Waals surface area contributed by atoms with E-state index >= 15 is 0 Å². The molecule has 0 N–H and O–H groups in total. The number of hydrogen-bond acceptors (Lipinski definition) is 4. The molecule has 0 saturated carbocycles. The summed E-state index contributed by atoms with van der Waals surface area (Å²) in [4.78, 5) is 20.7. The van der Waals surface area contributed by atoms with Crippen LogP contribution in [0.25, 0.3) is 121 Å². The Morgan fingerprint density at radius 1 is 0.233 bits per heavy atom. The first kappa shape index (κ1) is 34.0. The highest BCUT2D eigenvalue weighted by Crippen LogP contribution is 2.43. The van der Waals surface area contributed by atoms with Gasteiger partial charge in [-0.25, -0.2) is 19.9 Å². The molecule has 0 atom stereocenters. The number of fused-ring (bicyclic) bond motifs is 10. The average Bonchev–Trinajstić information content (AvgIpc) is 3.33. The fraction of sp³-hybridized carbons (Fsp3) is 0. The summed E-state index contributed by atoms with van der Waals surface area (Å²) in [7, 11) is 0. The molecule has 0 bridgehead atoms. The molecular formula is C56H34N4. The summed E-state index contributed by atoms with van der Waals surface area (Å²) >= 11 is 0. The molecule has 0 spiro atoms. The number of rotatable bonds is 5. The highest BCUT2D eigenvalue weighted by atomic mass is 15.0. The van der Waals surface area contributed by atoms with Crippen molar-refractivity contribution in [3.05, 3.63) is 206 Å². The molecule has 4 nitrogen and oxygen atoms in total. The molecule has 0 aliphatic rings. The van der Waals surface area contributed by atoms with Crippen LogP contribution in [-0.2, 0) is 0 Å². The molecule has 4 heteroatoms. The van der Waals surface area contributed by atoms with Crippen LogP contribution in [0.15, 0.2) is 206 Å². The second-order valence-corrected chi connectivity index (χ2v) is 15.4. The van der Waals surface area contributed by atoms with Crippen LogP contribution in [0.5, 0.6) is 0 Å². The van der Waals surface area contributed by atoms with Crippen molar-refractivity contribution < 1.29 is 0 Å². The van der Waals surface area contributed by atoms with Crippen molar-refractivity contribution in [3.63, 3.8) is 0 Å². The van der Waals surface area contributed by atoms with Crippen LogP contribution >= 0.6 is 0 Å². The van der Waals surface area contributed by atoms with Crippen LogP contribution in [0.4, 0.5) is 0 Å². The Morgan fingerprint density at radius 2 is 0.667 bits per heavy atom. The molecule has 0 unspecified atom stereocenters. The molecule has 0 amide bonds. The van der Waals surface area contributed by atoms with Crippen molar-refractivity contribution in [2.75, 3.05) is 0 Å². The van der Waals surface area contributed by atoms with Crippen LogP contribution in [0.3, 0.4) is 0 Å². The van der Waals surface area contributed by atoms with Gasteiger partial charge in [0.2, 0.25) is 0 Å². The van der Waals surface area contributed by atoms with Gasteiger partial charge in [-0.3, -0.25) is 0 Å². The Labute approximate surface area is 346 Å². The number of hydrogen-bond donors (Lipinski definition) is 0. The molecule has 10 aromatic carbocycles. The predicted octanol–water partition coefficient (Wildman–Crippen LogP) is 14.5. The van der Waals surface area contributed by atoms with E-state index in [4.69, 9.17) is 19.9 Å². The van der Waals surface area contributed by atoms with Gasteiger partial charge in [0.05, 0.1) is 11.2 Å². The molecule has 2 aromatic heterocycles. The molecule has 278 valence electrons. The van der Waals surface area contributed by atoms with E-state index in [1.54, 1.807) is 0 Å². The average molecular weight is 763 g/mol. The maximum atomic E-state index is 5.36. The Hall–Kier alpha value is -8.08. The normalized spacial score (nSPS) is 11.7. The predicted molar refractivity (Wildman–Crippen MR) is 250 cm³/mol. The number of benzene rings is 10. The third-order valence-electron chi connectivity index (χ3n) is 11.8. The molecule has 0 fully saturated rings. The van der Waals surface area contributed by atoms with Gasteiger partial charge in [0, 0.05) is 38.4 Å². The lowest BCUT2D eigenvalue weighted by atomic mass is 9.89. The van der Waals surface area contributed by atoms with E-state index in [-0.39, 0.29) is 0 Å². The summed E-state index contributed by atoms with van der Waals surface area (Å²) in [5.41, 5.74) is 8.03. The van der Waals surface area contributed by atoms with Crippen molar-refractivity contribution >= 4 is 64.8 Å². The maximum absolute atomic E-state index is 5.36. The topological polar surface area (TPSA) is 51.6 Å². The Kier molecular flexibility index (Phi) is 7.82. The lowest BCUT2D eigenvalue weighted by molar-refractivity contribution is 1.08. The van der Waals surface area contributed by atoms with Gasteiger partial charge in [-0.15, -0.1) is 0 Å². The van der Waals surface area contributed by atoms with Crippen LogP contribution in [0.1, 0.15) is 0 Å². The first-order valence-electron chi connectivity index (χ1n) is 20.3.